The van der Waals surface area contributed by atoms with Crippen molar-refractivity contribution in [2.45, 2.75) is 39.5 Å². The topological polar surface area (TPSA) is 48.2 Å². The van der Waals surface area contributed by atoms with Gasteiger partial charge >= 0.3 is 0 Å². The van der Waals surface area contributed by atoms with Crippen LogP contribution in [-0.2, 0) is 0 Å². The second-order valence-corrected chi connectivity index (χ2v) is 5.18. The molecule has 0 aliphatic rings. The average molecular weight is 255 g/mol. The quantitative estimate of drug-likeness (QED) is 0.793. The number of hydrogen-bond acceptors (Lipinski definition) is 3. The Bertz CT molecular complexity index is 504. The summed E-state index contributed by atoms with van der Waals surface area (Å²) in [6.45, 7) is 15.7. The summed E-state index contributed by atoms with van der Waals surface area (Å²) in [5.74, 6) is 1.14. The molecule has 0 bridgehead atoms. The fraction of sp³-hybridized carbons (Fsp3) is 0.375. The van der Waals surface area contributed by atoms with Crippen LogP contribution < -0.4 is 5.32 Å². The lowest BCUT2D eigenvalue weighted by molar-refractivity contribution is 0.835. The molecule has 0 unspecified atom stereocenters. The monoisotopic (exact) mass is 255 g/mol. The van der Waals surface area contributed by atoms with E-state index in [9.17, 15) is 0 Å². The lowest BCUT2D eigenvalue weighted by Gasteiger charge is -2.21. The van der Waals surface area contributed by atoms with Crippen molar-refractivity contribution in [3.05, 3.63) is 41.2 Å². The Balaban J connectivity index is 3.49. The van der Waals surface area contributed by atoms with E-state index in [2.05, 4.69) is 57.4 Å². The SMILES string of the molecule is C=NC(=C)Nc1c(C(C)C)cc(C#N)cc1C(C)C. The first-order valence-corrected chi connectivity index (χ1v) is 6.41. The van der Waals surface area contributed by atoms with Crippen molar-refractivity contribution in [1.29, 1.82) is 5.26 Å². The highest BCUT2D eigenvalue weighted by Crippen LogP contribution is 2.34. The third kappa shape index (κ3) is 3.45. The largest absolute Gasteiger partial charge is 0.340 e. The summed E-state index contributed by atoms with van der Waals surface area (Å²) in [7, 11) is 0. The molecule has 0 saturated carbocycles. The summed E-state index contributed by atoms with van der Waals surface area (Å²) in [6, 6.07) is 6.08. The smallest absolute Gasteiger partial charge is 0.122 e. The number of nitrogens with one attached hydrogen (secondary N) is 1. The number of hydrogen-bond donors (Lipinski definition) is 1. The van der Waals surface area contributed by atoms with E-state index in [1.807, 2.05) is 12.1 Å². The van der Waals surface area contributed by atoms with Gasteiger partial charge in [0.1, 0.15) is 5.82 Å². The molecule has 0 fully saturated rings. The van der Waals surface area contributed by atoms with Gasteiger partial charge in [-0.2, -0.15) is 5.26 Å². The Hall–Kier alpha value is -2.08. The molecule has 0 heterocycles. The van der Waals surface area contributed by atoms with Crippen molar-refractivity contribution in [3.63, 3.8) is 0 Å². The maximum atomic E-state index is 9.15. The maximum Gasteiger partial charge on any atom is 0.122 e. The van der Waals surface area contributed by atoms with Crippen LogP contribution in [-0.4, -0.2) is 6.72 Å². The lowest BCUT2D eigenvalue weighted by atomic mass is 9.90. The zero-order valence-corrected chi connectivity index (χ0v) is 12.1. The van der Waals surface area contributed by atoms with Gasteiger partial charge in [0, 0.05) is 5.69 Å². The molecule has 19 heavy (non-hydrogen) atoms. The van der Waals surface area contributed by atoms with Gasteiger partial charge in [-0.1, -0.05) is 34.3 Å². The van der Waals surface area contributed by atoms with Crippen molar-refractivity contribution >= 4 is 12.4 Å². The van der Waals surface area contributed by atoms with Crippen LogP contribution in [0.3, 0.4) is 0 Å². The number of aliphatic imine (C=N–C) groups is 1. The third-order valence-corrected chi connectivity index (χ3v) is 3.03. The fourth-order valence-electron chi connectivity index (χ4n) is 1.99. The van der Waals surface area contributed by atoms with Crippen molar-refractivity contribution in [2.24, 2.45) is 4.99 Å². The minimum atomic E-state index is 0.311. The normalized spacial score (nSPS) is 10.4. The van der Waals surface area contributed by atoms with Gasteiger partial charge < -0.3 is 5.32 Å². The molecule has 1 aromatic carbocycles. The summed E-state index contributed by atoms with van der Waals surface area (Å²) in [6.07, 6.45) is 0. The molecule has 100 valence electrons. The Morgan fingerprint density at radius 2 is 1.68 bits per heavy atom. The average Bonchev–Trinajstić information content (AvgIpc) is 2.37. The number of anilines is 1. The predicted octanol–water partition coefficient (Wildman–Crippen LogP) is 4.39. The van der Waals surface area contributed by atoms with Gasteiger partial charge in [-0.25, -0.2) is 4.99 Å². The van der Waals surface area contributed by atoms with Gasteiger partial charge in [-0.05, 0) is 41.8 Å². The van der Waals surface area contributed by atoms with Gasteiger partial charge in [-0.15, -0.1) is 0 Å². The summed E-state index contributed by atoms with van der Waals surface area (Å²) in [4.78, 5) is 3.81. The highest BCUT2D eigenvalue weighted by molar-refractivity contribution is 5.65. The van der Waals surface area contributed by atoms with Crippen molar-refractivity contribution in [2.75, 3.05) is 5.32 Å². The van der Waals surface area contributed by atoms with Gasteiger partial charge in [0.2, 0.25) is 0 Å². The Kier molecular flexibility index (Phi) is 4.88. The predicted molar refractivity (Wildman–Crippen MR) is 81.6 cm³/mol. The van der Waals surface area contributed by atoms with E-state index in [1.54, 1.807) is 0 Å². The van der Waals surface area contributed by atoms with E-state index in [-0.39, 0.29) is 0 Å². The Labute approximate surface area is 115 Å². The maximum absolute atomic E-state index is 9.15. The molecule has 0 saturated heterocycles. The molecule has 1 N–H and O–H groups in total. The first-order valence-electron chi connectivity index (χ1n) is 6.41. The molecular weight excluding hydrogens is 234 g/mol. The number of rotatable bonds is 5. The van der Waals surface area contributed by atoms with Crippen molar-refractivity contribution in [3.8, 4) is 6.07 Å². The minimum absolute atomic E-state index is 0.311. The standard InChI is InChI=1S/C16H21N3/c1-10(2)14-7-13(9-17)8-15(11(3)4)16(14)19-12(5)18-6/h7-8,10-11,19H,5-6H2,1-4H3. The van der Waals surface area contributed by atoms with E-state index in [4.69, 9.17) is 5.26 Å². The summed E-state index contributed by atoms with van der Waals surface area (Å²) < 4.78 is 0. The molecule has 0 atom stereocenters. The number of nitrogens with zero attached hydrogens (tertiary/aromatic N) is 2. The third-order valence-electron chi connectivity index (χ3n) is 3.03. The van der Waals surface area contributed by atoms with Crippen LogP contribution in [0.15, 0.2) is 29.5 Å². The first kappa shape index (κ1) is 15.0. The number of nitriles is 1. The number of benzene rings is 1. The molecule has 3 nitrogen and oxygen atoms in total. The molecule has 0 aromatic heterocycles. The van der Waals surface area contributed by atoms with Crippen molar-refractivity contribution in [1.82, 2.24) is 0 Å². The highest BCUT2D eigenvalue weighted by Gasteiger charge is 2.16. The zero-order valence-electron chi connectivity index (χ0n) is 12.1. The van der Waals surface area contributed by atoms with Crippen LogP contribution in [0.5, 0.6) is 0 Å². The summed E-state index contributed by atoms with van der Waals surface area (Å²) in [5.41, 5.74) is 3.90. The molecule has 3 heteroatoms. The zero-order chi connectivity index (χ0) is 14.6. The van der Waals surface area contributed by atoms with Crippen LogP contribution in [0.2, 0.25) is 0 Å². The molecule has 0 aliphatic heterocycles. The first-order chi connectivity index (χ1) is 8.90. The Morgan fingerprint density at radius 1 is 1.21 bits per heavy atom. The fourth-order valence-corrected chi connectivity index (χ4v) is 1.99. The second kappa shape index (κ2) is 6.19. The molecular formula is C16H21N3. The molecule has 0 aliphatic carbocycles. The van der Waals surface area contributed by atoms with Crippen LogP contribution >= 0.6 is 0 Å². The lowest BCUT2D eigenvalue weighted by Crippen LogP contribution is -2.07. The van der Waals surface area contributed by atoms with Crippen LogP contribution in [0.25, 0.3) is 0 Å². The molecule has 0 spiro atoms. The van der Waals surface area contributed by atoms with Gasteiger partial charge in [-0.3, -0.25) is 0 Å². The van der Waals surface area contributed by atoms with Crippen LogP contribution in [0, 0.1) is 11.3 Å². The van der Waals surface area contributed by atoms with E-state index >= 15 is 0 Å². The molecule has 1 aromatic rings. The van der Waals surface area contributed by atoms with Crippen LogP contribution in [0.1, 0.15) is 56.2 Å². The Morgan fingerprint density at radius 3 is 2.00 bits per heavy atom. The van der Waals surface area contributed by atoms with Gasteiger partial charge in [0.25, 0.3) is 0 Å². The second-order valence-electron chi connectivity index (χ2n) is 5.18. The summed E-state index contributed by atoms with van der Waals surface area (Å²) in [5, 5.41) is 12.4. The van der Waals surface area contributed by atoms with E-state index in [0.29, 0.717) is 23.2 Å². The minimum Gasteiger partial charge on any atom is -0.340 e. The summed E-state index contributed by atoms with van der Waals surface area (Å²) >= 11 is 0. The molecule has 1 rings (SSSR count). The molecule has 0 amide bonds. The van der Waals surface area contributed by atoms with Gasteiger partial charge in [0.15, 0.2) is 0 Å². The van der Waals surface area contributed by atoms with Crippen molar-refractivity contribution < 1.29 is 0 Å². The van der Waals surface area contributed by atoms with E-state index < -0.39 is 0 Å². The van der Waals surface area contributed by atoms with Crippen LogP contribution in [0.4, 0.5) is 5.69 Å². The van der Waals surface area contributed by atoms with Gasteiger partial charge in [0.05, 0.1) is 11.6 Å². The highest BCUT2D eigenvalue weighted by atomic mass is 15.0. The van der Waals surface area contributed by atoms with E-state index in [1.165, 1.54) is 0 Å². The van der Waals surface area contributed by atoms with E-state index in [0.717, 1.165) is 16.8 Å². The molecule has 0 radical (unpaired) electrons.